The number of fused-ring (bicyclic) bond motifs is 1. The SMILES string of the molecule is CCCN(C(=O)Cc1cn(C)c2ccccc12)C(c1ccc(F)cc1)c1cccnc1. The zero-order chi connectivity index (χ0) is 21.8. The summed E-state index contributed by atoms with van der Waals surface area (Å²) >= 11 is 0. The van der Waals surface area contributed by atoms with Crippen LogP contribution in [0.25, 0.3) is 10.9 Å². The van der Waals surface area contributed by atoms with Gasteiger partial charge in [-0.2, -0.15) is 0 Å². The lowest BCUT2D eigenvalue weighted by Crippen LogP contribution is -2.37. The minimum atomic E-state index is -0.322. The first-order chi connectivity index (χ1) is 15.1. The molecule has 5 heteroatoms. The smallest absolute Gasteiger partial charge is 0.227 e. The molecule has 4 nitrogen and oxygen atoms in total. The van der Waals surface area contributed by atoms with Gasteiger partial charge in [0.25, 0.3) is 0 Å². The molecule has 4 rings (SSSR count). The van der Waals surface area contributed by atoms with Crippen molar-refractivity contribution in [2.24, 2.45) is 7.05 Å². The topological polar surface area (TPSA) is 38.1 Å². The fourth-order valence-corrected chi connectivity index (χ4v) is 4.20. The maximum atomic E-state index is 13.6. The van der Waals surface area contributed by atoms with E-state index in [2.05, 4.69) is 28.6 Å². The van der Waals surface area contributed by atoms with Crippen LogP contribution in [0.1, 0.15) is 36.1 Å². The third-order valence-electron chi connectivity index (χ3n) is 5.60. The predicted molar refractivity (Wildman–Crippen MR) is 121 cm³/mol. The molecule has 0 saturated carbocycles. The average Bonchev–Trinajstić information content (AvgIpc) is 3.11. The second-order valence-electron chi connectivity index (χ2n) is 7.79. The van der Waals surface area contributed by atoms with Crippen molar-refractivity contribution in [2.75, 3.05) is 6.54 Å². The van der Waals surface area contributed by atoms with Gasteiger partial charge in [-0.05, 0) is 47.4 Å². The number of rotatable bonds is 7. The summed E-state index contributed by atoms with van der Waals surface area (Å²) in [5, 5.41) is 1.09. The first-order valence-corrected chi connectivity index (χ1v) is 10.6. The fourth-order valence-electron chi connectivity index (χ4n) is 4.20. The molecule has 2 aromatic heterocycles. The molecule has 0 bridgehead atoms. The zero-order valence-electron chi connectivity index (χ0n) is 17.8. The standard InChI is InChI=1S/C26H26FN3O/c1-3-15-30(25(31)16-21-18-29(2)24-9-5-4-8-23(21)24)26(20-7-6-14-28-17-20)19-10-12-22(27)13-11-19/h4-14,17-18,26H,3,15-16H2,1-2H3. The highest BCUT2D eigenvalue weighted by Gasteiger charge is 2.27. The van der Waals surface area contributed by atoms with E-state index < -0.39 is 0 Å². The number of benzene rings is 2. The summed E-state index contributed by atoms with van der Waals surface area (Å²) < 4.78 is 15.7. The Morgan fingerprint density at radius 1 is 1.06 bits per heavy atom. The molecule has 0 spiro atoms. The molecule has 0 aliphatic heterocycles. The molecular weight excluding hydrogens is 389 g/mol. The minimum absolute atomic E-state index is 0.0383. The van der Waals surface area contributed by atoms with Crippen LogP contribution in [-0.2, 0) is 18.3 Å². The number of amides is 1. The van der Waals surface area contributed by atoms with E-state index >= 15 is 0 Å². The van der Waals surface area contributed by atoms with E-state index in [-0.39, 0.29) is 17.8 Å². The number of hydrogen-bond donors (Lipinski definition) is 0. The van der Waals surface area contributed by atoms with Gasteiger partial charge >= 0.3 is 0 Å². The number of aromatic nitrogens is 2. The van der Waals surface area contributed by atoms with Gasteiger partial charge < -0.3 is 9.47 Å². The van der Waals surface area contributed by atoms with Crippen LogP contribution in [0.15, 0.2) is 79.3 Å². The Hall–Kier alpha value is -3.47. The Labute approximate surface area is 182 Å². The third-order valence-corrected chi connectivity index (χ3v) is 5.60. The summed E-state index contributed by atoms with van der Waals surface area (Å²) in [4.78, 5) is 19.8. The second-order valence-corrected chi connectivity index (χ2v) is 7.79. The summed E-state index contributed by atoms with van der Waals surface area (Å²) in [6.07, 6.45) is 6.65. The molecule has 2 aromatic carbocycles. The fraction of sp³-hybridized carbons (Fsp3) is 0.231. The van der Waals surface area contributed by atoms with E-state index in [0.717, 1.165) is 34.0 Å². The molecule has 0 saturated heterocycles. The van der Waals surface area contributed by atoms with Crippen molar-refractivity contribution in [1.82, 2.24) is 14.5 Å². The molecule has 0 N–H and O–H groups in total. The highest BCUT2D eigenvalue weighted by molar-refractivity contribution is 5.89. The molecule has 1 amide bonds. The van der Waals surface area contributed by atoms with Crippen molar-refractivity contribution in [3.8, 4) is 0 Å². The maximum absolute atomic E-state index is 13.6. The van der Waals surface area contributed by atoms with Crippen molar-refractivity contribution in [3.05, 3.63) is 102 Å². The Morgan fingerprint density at radius 3 is 2.55 bits per heavy atom. The molecular formula is C26H26FN3O. The summed E-state index contributed by atoms with van der Waals surface area (Å²) in [5.74, 6) is -0.255. The van der Waals surface area contributed by atoms with Gasteiger partial charge in [-0.1, -0.05) is 43.3 Å². The first-order valence-electron chi connectivity index (χ1n) is 10.6. The summed E-state index contributed by atoms with van der Waals surface area (Å²) in [5.41, 5.74) is 3.89. The number of nitrogens with zero attached hydrogens (tertiary/aromatic N) is 3. The molecule has 158 valence electrons. The van der Waals surface area contributed by atoms with Crippen LogP contribution >= 0.6 is 0 Å². The Kier molecular flexibility index (Phi) is 6.12. The zero-order valence-corrected chi connectivity index (χ0v) is 17.8. The van der Waals surface area contributed by atoms with Gasteiger partial charge in [0.1, 0.15) is 5.82 Å². The molecule has 0 radical (unpaired) electrons. The molecule has 0 aliphatic rings. The number of hydrogen-bond acceptors (Lipinski definition) is 2. The molecule has 0 aliphatic carbocycles. The van der Waals surface area contributed by atoms with Crippen molar-refractivity contribution in [2.45, 2.75) is 25.8 Å². The average molecular weight is 416 g/mol. The third kappa shape index (κ3) is 4.36. The van der Waals surface area contributed by atoms with Gasteiger partial charge in [0.15, 0.2) is 0 Å². The molecule has 0 fully saturated rings. The van der Waals surface area contributed by atoms with Crippen LogP contribution < -0.4 is 0 Å². The van der Waals surface area contributed by atoms with Crippen LogP contribution in [0, 0.1) is 5.82 Å². The normalized spacial score (nSPS) is 12.1. The highest BCUT2D eigenvalue weighted by atomic mass is 19.1. The minimum Gasteiger partial charge on any atom is -0.350 e. The van der Waals surface area contributed by atoms with Crippen LogP contribution in [-0.4, -0.2) is 26.9 Å². The van der Waals surface area contributed by atoms with Crippen molar-refractivity contribution >= 4 is 16.8 Å². The molecule has 2 heterocycles. The number of aryl methyl sites for hydroxylation is 1. The van der Waals surface area contributed by atoms with E-state index in [1.165, 1.54) is 12.1 Å². The molecule has 4 aromatic rings. The molecule has 1 atom stereocenters. The summed E-state index contributed by atoms with van der Waals surface area (Å²) in [7, 11) is 2.00. The van der Waals surface area contributed by atoms with E-state index in [1.54, 1.807) is 24.5 Å². The van der Waals surface area contributed by atoms with E-state index in [4.69, 9.17) is 0 Å². The van der Waals surface area contributed by atoms with Gasteiger partial charge in [-0.15, -0.1) is 0 Å². The number of carbonyl (C=O) groups is 1. The lowest BCUT2D eigenvalue weighted by molar-refractivity contribution is -0.132. The van der Waals surface area contributed by atoms with Crippen molar-refractivity contribution < 1.29 is 9.18 Å². The number of carbonyl (C=O) groups excluding carboxylic acids is 1. The van der Waals surface area contributed by atoms with Crippen molar-refractivity contribution in [1.29, 1.82) is 0 Å². The monoisotopic (exact) mass is 415 g/mol. The number of para-hydroxylation sites is 1. The number of halogens is 1. The lowest BCUT2D eigenvalue weighted by atomic mass is 9.97. The Balaban J connectivity index is 1.73. The van der Waals surface area contributed by atoms with Gasteiger partial charge in [-0.3, -0.25) is 9.78 Å². The van der Waals surface area contributed by atoms with Crippen LogP contribution in [0.4, 0.5) is 4.39 Å². The van der Waals surface area contributed by atoms with Gasteiger partial charge in [0.2, 0.25) is 5.91 Å². The largest absolute Gasteiger partial charge is 0.350 e. The van der Waals surface area contributed by atoms with Crippen LogP contribution in [0.5, 0.6) is 0 Å². The number of pyridine rings is 1. The maximum Gasteiger partial charge on any atom is 0.227 e. The van der Waals surface area contributed by atoms with Gasteiger partial charge in [-0.25, -0.2) is 4.39 Å². The Bertz CT molecular complexity index is 1170. The van der Waals surface area contributed by atoms with Gasteiger partial charge in [0.05, 0.1) is 12.5 Å². The van der Waals surface area contributed by atoms with Crippen LogP contribution in [0.3, 0.4) is 0 Å². The van der Waals surface area contributed by atoms with E-state index in [0.29, 0.717) is 13.0 Å². The summed E-state index contributed by atoms with van der Waals surface area (Å²) in [6.45, 7) is 2.66. The van der Waals surface area contributed by atoms with Crippen molar-refractivity contribution in [3.63, 3.8) is 0 Å². The molecule has 31 heavy (non-hydrogen) atoms. The predicted octanol–water partition coefficient (Wildman–Crippen LogP) is 5.28. The quantitative estimate of drug-likeness (QED) is 0.412. The first kappa shape index (κ1) is 20.8. The lowest BCUT2D eigenvalue weighted by Gasteiger charge is -2.32. The highest BCUT2D eigenvalue weighted by Crippen LogP contribution is 2.30. The van der Waals surface area contributed by atoms with Crippen LogP contribution in [0.2, 0.25) is 0 Å². The Morgan fingerprint density at radius 2 is 1.84 bits per heavy atom. The summed E-state index contributed by atoms with van der Waals surface area (Å²) in [6, 6.07) is 18.0. The van der Waals surface area contributed by atoms with Gasteiger partial charge in [0, 0.05) is 43.1 Å². The van der Waals surface area contributed by atoms with E-state index in [9.17, 15) is 9.18 Å². The van der Waals surface area contributed by atoms with E-state index in [1.807, 2.05) is 42.4 Å². The second kappa shape index (κ2) is 9.13. The molecule has 1 unspecified atom stereocenters.